The topological polar surface area (TPSA) is 58.5 Å². The van der Waals surface area contributed by atoms with Crippen molar-refractivity contribution < 1.29 is 9.13 Å². The zero-order valence-corrected chi connectivity index (χ0v) is 15.0. The van der Waals surface area contributed by atoms with Gasteiger partial charge in [-0.1, -0.05) is 24.3 Å². The van der Waals surface area contributed by atoms with Gasteiger partial charge in [-0.25, -0.2) is 14.4 Å². The van der Waals surface area contributed by atoms with Crippen LogP contribution >= 0.6 is 0 Å². The molecule has 5 nitrogen and oxygen atoms in total. The van der Waals surface area contributed by atoms with Crippen LogP contribution in [-0.4, -0.2) is 24.1 Å². The number of nitrogens with zero attached hydrogens (tertiary/aromatic N) is 2. The van der Waals surface area contributed by atoms with Gasteiger partial charge in [-0.05, 0) is 37.3 Å². The maximum atomic E-state index is 13.7. The molecule has 1 aliphatic rings. The van der Waals surface area contributed by atoms with E-state index in [0.29, 0.717) is 36.4 Å². The molecule has 138 valence electrons. The zero-order valence-electron chi connectivity index (χ0n) is 15.0. The summed E-state index contributed by atoms with van der Waals surface area (Å²) in [5.74, 6) is 1.80. The van der Waals surface area contributed by atoms with Crippen LogP contribution < -0.4 is 15.4 Å². The number of benzene rings is 1. The normalized spacial score (nSPS) is 14.2. The fourth-order valence-corrected chi connectivity index (χ4v) is 2.41. The molecule has 0 amide bonds. The number of guanidine groups is 1. The van der Waals surface area contributed by atoms with Crippen LogP contribution in [-0.2, 0) is 13.1 Å². The lowest BCUT2D eigenvalue weighted by molar-refractivity contribution is 0.288. The van der Waals surface area contributed by atoms with Gasteiger partial charge >= 0.3 is 0 Å². The molecule has 3 rings (SSSR count). The molecule has 1 saturated carbocycles. The van der Waals surface area contributed by atoms with E-state index in [-0.39, 0.29) is 5.82 Å². The lowest BCUT2D eigenvalue weighted by Crippen LogP contribution is -2.37. The maximum absolute atomic E-state index is 13.7. The van der Waals surface area contributed by atoms with E-state index in [1.54, 1.807) is 18.3 Å². The van der Waals surface area contributed by atoms with Gasteiger partial charge in [0.15, 0.2) is 5.96 Å². The molecule has 0 bridgehead atoms. The van der Waals surface area contributed by atoms with Crippen LogP contribution in [0.5, 0.6) is 5.88 Å². The Morgan fingerprint density at radius 2 is 2.08 bits per heavy atom. The van der Waals surface area contributed by atoms with Crippen LogP contribution in [0.3, 0.4) is 0 Å². The first-order valence-electron chi connectivity index (χ1n) is 9.08. The third kappa shape index (κ3) is 5.72. The molecular weight excluding hydrogens is 331 g/mol. The molecule has 0 saturated heterocycles. The number of aliphatic imine (C=N–C) groups is 1. The summed E-state index contributed by atoms with van der Waals surface area (Å²) in [7, 11) is 0. The van der Waals surface area contributed by atoms with Gasteiger partial charge in [0.25, 0.3) is 0 Å². The second-order valence-corrected chi connectivity index (χ2v) is 6.40. The van der Waals surface area contributed by atoms with Crippen LogP contribution in [0.15, 0.2) is 47.6 Å². The molecule has 2 N–H and O–H groups in total. The smallest absolute Gasteiger partial charge is 0.213 e. The summed E-state index contributed by atoms with van der Waals surface area (Å²) in [5, 5.41) is 6.32. The quantitative estimate of drug-likeness (QED) is 0.563. The van der Waals surface area contributed by atoms with Crippen molar-refractivity contribution in [1.29, 1.82) is 0 Å². The molecule has 1 heterocycles. The SMILES string of the molecule is CCNC(=NCc1ccc(OCC2CC2)nc1)NCc1ccccc1F. The minimum atomic E-state index is -0.221. The fraction of sp³-hybridized carbons (Fsp3) is 0.400. The largest absolute Gasteiger partial charge is 0.477 e. The van der Waals surface area contributed by atoms with Crippen molar-refractivity contribution in [3.63, 3.8) is 0 Å². The third-order valence-corrected chi connectivity index (χ3v) is 4.13. The van der Waals surface area contributed by atoms with Gasteiger partial charge in [-0.2, -0.15) is 0 Å². The summed E-state index contributed by atoms with van der Waals surface area (Å²) >= 11 is 0. The number of hydrogen-bond donors (Lipinski definition) is 2. The monoisotopic (exact) mass is 356 g/mol. The lowest BCUT2D eigenvalue weighted by atomic mass is 10.2. The Morgan fingerprint density at radius 1 is 1.23 bits per heavy atom. The minimum absolute atomic E-state index is 0.221. The van der Waals surface area contributed by atoms with Gasteiger partial charge in [-0.3, -0.25) is 0 Å². The Kier molecular flexibility index (Phi) is 6.41. The first-order chi connectivity index (χ1) is 12.7. The highest BCUT2D eigenvalue weighted by atomic mass is 19.1. The average Bonchev–Trinajstić information content (AvgIpc) is 3.49. The molecule has 6 heteroatoms. The highest BCUT2D eigenvalue weighted by Gasteiger charge is 2.21. The van der Waals surface area contributed by atoms with Crippen LogP contribution in [0.1, 0.15) is 30.9 Å². The standard InChI is InChI=1S/C20H25FN4O/c1-2-22-20(25-13-17-5-3-4-6-18(17)21)24-12-16-9-10-19(23-11-16)26-14-15-7-8-15/h3-6,9-11,15H,2,7-8,12-14H2,1H3,(H2,22,24,25). The van der Waals surface area contributed by atoms with Gasteiger partial charge in [0.05, 0.1) is 13.2 Å². The van der Waals surface area contributed by atoms with Crippen LogP contribution in [0.4, 0.5) is 4.39 Å². The van der Waals surface area contributed by atoms with Crippen LogP contribution in [0.2, 0.25) is 0 Å². The Balaban J connectivity index is 1.53. The van der Waals surface area contributed by atoms with Crippen molar-refractivity contribution in [2.45, 2.75) is 32.9 Å². The summed E-state index contributed by atoms with van der Waals surface area (Å²) in [6.45, 7) is 4.35. The van der Waals surface area contributed by atoms with E-state index in [4.69, 9.17) is 4.74 Å². The number of hydrogen-bond acceptors (Lipinski definition) is 3. The second kappa shape index (κ2) is 9.17. The summed E-state index contributed by atoms with van der Waals surface area (Å²) in [5.41, 5.74) is 1.60. The zero-order chi connectivity index (χ0) is 18.2. The molecule has 26 heavy (non-hydrogen) atoms. The van der Waals surface area contributed by atoms with Gasteiger partial charge in [0.2, 0.25) is 5.88 Å². The maximum Gasteiger partial charge on any atom is 0.213 e. The van der Waals surface area contributed by atoms with Gasteiger partial charge < -0.3 is 15.4 Å². The third-order valence-electron chi connectivity index (χ3n) is 4.13. The molecule has 1 aromatic carbocycles. The van der Waals surface area contributed by atoms with E-state index in [2.05, 4.69) is 20.6 Å². The Bertz CT molecular complexity index is 729. The summed E-state index contributed by atoms with van der Waals surface area (Å²) in [6.07, 6.45) is 4.31. The van der Waals surface area contributed by atoms with Crippen LogP contribution in [0.25, 0.3) is 0 Å². The highest BCUT2D eigenvalue weighted by Crippen LogP contribution is 2.29. The van der Waals surface area contributed by atoms with E-state index in [0.717, 1.165) is 18.7 Å². The second-order valence-electron chi connectivity index (χ2n) is 6.40. The van der Waals surface area contributed by atoms with Gasteiger partial charge in [0.1, 0.15) is 5.82 Å². The minimum Gasteiger partial charge on any atom is -0.477 e. The fourth-order valence-electron chi connectivity index (χ4n) is 2.41. The Morgan fingerprint density at radius 3 is 2.77 bits per heavy atom. The Hall–Kier alpha value is -2.63. The van der Waals surface area contributed by atoms with Crippen molar-refractivity contribution in [2.24, 2.45) is 10.9 Å². The van der Waals surface area contributed by atoms with Crippen molar-refractivity contribution in [1.82, 2.24) is 15.6 Å². The molecule has 2 aromatic rings. The molecule has 0 atom stereocenters. The number of rotatable bonds is 8. The first kappa shape index (κ1) is 18.2. The van der Waals surface area contributed by atoms with Crippen molar-refractivity contribution >= 4 is 5.96 Å². The Labute approximate surface area is 153 Å². The van der Waals surface area contributed by atoms with E-state index in [1.165, 1.54) is 18.9 Å². The predicted octanol–water partition coefficient (Wildman–Crippen LogP) is 3.26. The highest BCUT2D eigenvalue weighted by molar-refractivity contribution is 5.79. The summed E-state index contributed by atoms with van der Waals surface area (Å²) < 4.78 is 19.4. The number of ether oxygens (including phenoxy) is 1. The molecule has 1 aliphatic carbocycles. The predicted molar refractivity (Wildman–Crippen MR) is 101 cm³/mol. The molecule has 0 spiro atoms. The first-order valence-corrected chi connectivity index (χ1v) is 9.08. The van der Waals surface area contributed by atoms with Crippen molar-refractivity contribution in [2.75, 3.05) is 13.2 Å². The molecule has 1 aromatic heterocycles. The van der Waals surface area contributed by atoms with E-state index in [1.807, 2.05) is 25.1 Å². The van der Waals surface area contributed by atoms with Crippen molar-refractivity contribution in [3.05, 3.63) is 59.5 Å². The number of nitrogens with one attached hydrogen (secondary N) is 2. The van der Waals surface area contributed by atoms with E-state index >= 15 is 0 Å². The molecule has 0 unspecified atom stereocenters. The molecule has 0 radical (unpaired) electrons. The number of aromatic nitrogens is 1. The lowest BCUT2D eigenvalue weighted by Gasteiger charge is -2.12. The summed E-state index contributed by atoms with van der Waals surface area (Å²) in [6, 6.07) is 10.6. The summed E-state index contributed by atoms with van der Waals surface area (Å²) in [4.78, 5) is 8.86. The molecular formula is C20H25FN4O. The average molecular weight is 356 g/mol. The van der Waals surface area contributed by atoms with Gasteiger partial charge in [-0.15, -0.1) is 0 Å². The van der Waals surface area contributed by atoms with E-state index in [9.17, 15) is 4.39 Å². The molecule has 1 fully saturated rings. The van der Waals surface area contributed by atoms with Crippen LogP contribution in [0, 0.1) is 11.7 Å². The van der Waals surface area contributed by atoms with Gasteiger partial charge in [0, 0.05) is 30.9 Å². The van der Waals surface area contributed by atoms with E-state index < -0.39 is 0 Å². The number of halogens is 1. The van der Waals surface area contributed by atoms with Crippen molar-refractivity contribution in [3.8, 4) is 5.88 Å². The molecule has 0 aliphatic heterocycles. The number of pyridine rings is 1.